The highest BCUT2D eigenvalue weighted by molar-refractivity contribution is 4.65. The van der Waals surface area contributed by atoms with Crippen molar-refractivity contribution in [2.24, 2.45) is 5.73 Å². The summed E-state index contributed by atoms with van der Waals surface area (Å²) >= 11 is 0. The Bertz CT molecular complexity index is 59.6. The molecular formula is C8H17N. The van der Waals surface area contributed by atoms with Crippen LogP contribution in [0.3, 0.4) is 0 Å². The van der Waals surface area contributed by atoms with Gasteiger partial charge in [0.2, 0.25) is 0 Å². The van der Waals surface area contributed by atoms with E-state index < -0.39 is 0 Å². The van der Waals surface area contributed by atoms with Crippen molar-refractivity contribution >= 4 is 0 Å². The highest BCUT2D eigenvalue weighted by atomic mass is 14.5. The maximum atomic E-state index is 5.32. The van der Waals surface area contributed by atoms with Crippen LogP contribution in [-0.2, 0) is 0 Å². The first kappa shape index (κ1) is 8.70. The number of unbranched alkanes of at least 4 members (excludes halogenated alkanes) is 4. The van der Waals surface area contributed by atoms with Gasteiger partial charge < -0.3 is 5.73 Å². The molecule has 0 aliphatic heterocycles. The largest absolute Gasteiger partial charge is 0.330 e. The molecule has 1 nitrogen and oxygen atoms in total. The summed E-state index contributed by atoms with van der Waals surface area (Å²) in [6.45, 7) is 4.50. The molecular weight excluding hydrogens is 110 g/mol. The van der Waals surface area contributed by atoms with Crippen molar-refractivity contribution in [3.05, 3.63) is 12.7 Å². The van der Waals surface area contributed by atoms with Crippen molar-refractivity contribution in [3.63, 3.8) is 0 Å². The lowest BCUT2D eigenvalue weighted by Gasteiger charge is -1.94. The van der Waals surface area contributed by atoms with Crippen LogP contribution in [0.25, 0.3) is 0 Å². The Morgan fingerprint density at radius 3 is 2.33 bits per heavy atom. The second kappa shape index (κ2) is 7.70. The summed E-state index contributed by atoms with van der Waals surface area (Å²) in [5.41, 5.74) is 5.32. The third kappa shape index (κ3) is 7.70. The molecule has 0 atom stereocenters. The highest BCUT2D eigenvalue weighted by Gasteiger charge is 1.84. The Kier molecular flexibility index (Phi) is 7.44. The quantitative estimate of drug-likeness (QED) is 0.429. The smallest absolute Gasteiger partial charge is 0.00773 e. The topological polar surface area (TPSA) is 26.0 Å². The highest BCUT2D eigenvalue weighted by Crippen LogP contribution is 2.01. The van der Waals surface area contributed by atoms with Gasteiger partial charge in [0.1, 0.15) is 0 Å². The molecule has 0 amide bonds. The van der Waals surface area contributed by atoms with Gasteiger partial charge in [-0.25, -0.2) is 0 Å². The predicted molar refractivity (Wildman–Crippen MR) is 42.3 cm³/mol. The molecule has 0 aliphatic rings. The van der Waals surface area contributed by atoms with Crippen LogP contribution in [0.15, 0.2) is 12.7 Å². The summed E-state index contributed by atoms with van der Waals surface area (Å²) in [7, 11) is 0. The van der Waals surface area contributed by atoms with E-state index >= 15 is 0 Å². The van der Waals surface area contributed by atoms with Gasteiger partial charge in [-0.3, -0.25) is 0 Å². The fourth-order valence-electron chi connectivity index (χ4n) is 0.787. The molecule has 54 valence electrons. The molecule has 0 aromatic carbocycles. The SMILES string of the molecule is C=CCCCCCCN. The summed E-state index contributed by atoms with van der Waals surface area (Å²) in [5.74, 6) is 0. The fourth-order valence-corrected chi connectivity index (χ4v) is 0.787. The van der Waals surface area contributed by atoms with Crippen LogP contribution in [0, 0.1) is 0 Å². The minimum Gasteiger partial charge on any atom is -0.330 e. The van der Waals surface area contributed by atoms with E-state index in [1.807, 2.05) is 6.08 Å². The van der Waals surface area contributed by atoms with Crippen molar-refractivity contribution in [1.82, 2.24) is 0 Å². The van der Waals surface area contributed by atoms with E-state index in [4.69, 9.17) is 5.73 Å². The molecule has 0 aliphatic carbocycles. The summed E-state index contributed by atoms with van der Waals surface area (Å²) in [6, 6.07) is 0. The zero-order valence-electron chi connectivity index (χ0n) is 6.10. The van der Waals surface area contributed by atoms with Gasteiger partial charge in [0, 0.05) is 0 Å². The molecule has 0 fully saturated rings. The monoisotopic (exact) mass is 127 g/mol. The molecule has 0 unspecified atom stereocenters. The first-order valence-electron chi connectivity index (χ1n) is 3.72. The second-order valence-electron chi connectivity index (χ2n) is 2.28. The third-order valence-electron chi connectivity index (χ3n) is 1.36. The Labute approximate surface area is 57.9 Å². The van der Waals surface area contributed by atoms with Crippen molar-refractivity contribution < 1.29 is 0 Å². The number of hydrogen-bond acceptors (Lipinski definition) is 1. The summed E-state index contributed by atoms with van der Waals surface area (Å²) in [4.78, 5) is 0. The van der Waals surface area contributed by atoms with Crippen LogP contribution in [-0.4, -0.2) is 6.54 Å². The summed E-state index contributed by atoms with van der Waals surface area (Å²) in [5, 5.41) is 0. The van der Waals surface area contributed by atoms with Gasteiger partial charge in [0.05, 0.1) is 0 Å². The van der Waals surface area contributed by atoms with E-state index in [9.17, 15) is 0 Å². The van der Waals surface area contributed by atoms with Gasteiger partial charge in [-0.1, -0.05) is 18.9 Å². The molecule has 0 saturated heterocycles. The van der Waals surface area contributed by atoms with E-state index in [0.29, 0.717) is 0 Å². The van der Waals surface area contributed by atoms with Crippen LogP contribution >= 0.6 is 0 Å². The number of nitrogens with two attached hydrogens (primary N) is 1. The first-order valence-corrected chi connectivity index (χ1v) is 3.72. The molecule has 0 saturated carbocycles. The van der Waals surface area contributed by atoms with Crippen molar-refractivity contribution in [3.8, 4) is 0 Å². The van der Waals surface area contributed by atoms with Gasteiger partial charge in [-0.2, -0.15) is 0 Å². The van der Waals surface area contributed by atoms with E-state index in [1.54, 1.807) is 0 Å². The standard InChI is InChI=1S/C8H17N/c1-2-3-4-5-6-7-8-9/h2H,1,3-9H2. The molecule has 0 aromatic heterocycles. The molecule has 0 bridgehead atoms. The number of rotatable bonds is 6. The van der Waals surface area contributed by atoms with Crippen LogP contribution in [0.4, 0.5) is 0 Å². The zero-order chi connectivity index (χ0) is 6.95. The van der Waals surface area contributed by atoms with Gasteiger partial charge in [-0.05, 0) is 25.8 Å². The predicted octanol–water partition coefficient (Wildman–Crippen LogP) is 2.08. The van der Waals surface area contributed by atoms with E-state index in [1.165, 1.54) is 25.7 Å². The molecule has 0 heterocycles. The molecule has 0 spiro atoms. The molecule has 9 heavy (non-hydrogen) atoms. The average Bonchev–Trinajstić information content (AvgIpc) is 1.89. The molecule has 1 heteroatoms. The lowest BCUT2D eigenvalue weighted by Crippen LogP contribution is -1.97. The average molecular weight is 127 g/mol. The van der Waals surface area contributed by atoms with E-state index in [-0.39, 0.29) is 0 Å². The third-order valence-corrected chi connectivity index (χ3v) is 1.36. The maximum Gasteiger partial charge on any atom is -0.00773 e. The normalized spacial score (nSPS) is 9.44. The van der Waals surface area contributed by atoms with Crippen LogP contribution in [0.5, 0.6) is 0 Å². The van der Waals surface area contributed by atoms with Crippen LogP contribution < -0.4 is 5.73 Å². The minimum absolute atomic E-state index is 0.841. The van der Waals surface area contributed by atoms with Crippen molar-refractivity contribution in [1.29, 1.82) is 0 Å². The molecule has 2 N–H and O–H groups in total. The van der Waals surface area contributed by atoms with Crippen molar-refractivity contribution in [2.45, 2.75) is 32.1 Å². The number of allylic oxidation sites excluding steroid dienone is 1. The molecule has 0 aromatic rings. The van der Waals surface area contributed by atoms with E-state index in [2.05, 4.69) is 6.58 Å². The van der Waals surface area contributed by atoms with Gasteiger partial charge in [-0.15, -0.1) is 6.58 Å². The first-order chi connectivity index (χ1) is 4.41. The van der Waals surface area contributed by atoms with Gasteiger partial charge in [0.15, 0.2) is 0 Å². The summed E-state index contributed by atoms with van der Waals surface area (Å²) in [6.07, 6.45) is 8.18. The number of hydrogen-bond donors (Lipinski definition) is 1. The Morgan fingerprint density at radius 2 is 1.78 bits per heavy atom. The minimum atomic E-state index is 0.841. The second-order valence-corrected chi connectivity index (χ2v) is 2.28. The Hall–Kier alpha value is -0.300. The Morgan fingerprint density at radius 1 is 1.11 bits per heavy atom. The summed E-state index contributed by atoms with van der Waals surface area (Å²) < 4.78 is 0. The fraction of sp³-hybridized carbons (Fsp3) is 0.750. The molecule has 0 rings (SSSR count). The molecule has 0 radical (unpaired) electrons. The lowest BCUT2D eigenvalue weighted by molar-refractivity contribution is 0.653. The van der Waals surface area contributed by atoms with Gasteiger partial charge in [0.25, 0.3) is 0 Å². The van der Waals surface area contributed by atoms with Crippen molar-refractivity contribution in [2.75, 3.05) is 6.54 Å². The Balaban J connectivity index is 2.66. The van der Waals surface area contributed by atoms with Gasteiger partial charge >= 0.3 is 0 Å². The zero-order valence-corrected chi connectivity index (χ0v) is 6.10. The lowest BCUT2D eigenvalue weighted by atomic mass is 10.1. The van der Waals surface area contributed by atoms with Crippen LogP contribution in [0.2, 0.25) is 0 Å². The maximum absolute atomic E-state index is 5.32. The van der Waals surface area contributed by atoms with Crippen LogP contribution in [0.1, 0.15) is 32.1 Å². The van der Waals surface area contributed by atoms with E-state index in [0.717, 1.165) is 13.0 Å².